The van der Waals surface area contributed by atoms with Gasteiger partial charge in [-0.05, 0) is 44.5 Å². The van der Waals surface area contributed by atoms with Crippen molar-refractivity contribution in [2.45, 2.75) is 67.3 Å². The zero-order valence-corrected chi connectivity index (χ0v) is 19.2. The second-order valence-electron chi connectivity index (χ2n) is 5.68. The molecule has 0 fully saturated rings. The lowest BCUT2D eigenvalue weighted by Gasteiger charge is -2.15. The van der Waals surface area contributed by atoms with Crippen LogP contribution in [0.4, 0.5) is 0 Å². The van der Waals surface area contributed by atoms with Gasteiger partial charge in [0.15, 0.2) is 12.1 Å². The molecule has 158 valence electrons. The van der Waals surface area contributed by atoms with Crippen molar-refractivity contribution in [3.05, 3.63) is 71.3 Å². The number of aliphatic hydroxyl groups is 1. The maximum Gasteiger partial charge on any atom is 0.181 e. The van der Waals surface area contributed by atoms with E-state index in [1.807, 2.05) is 54.5 Å². The fourth-order valence-electron chi connectivity index (χ4n) is 2.13. The van der Waals surface area contributed by atoms with E-state index in [9.17, 15) is 9.90 Å². The summed E-state index contributed by atoms with van der Waals surface area (Å²) in [5.41, 5.74) is 1.18. The van der Waals surface area contributed by atoms with E-state index in [0.717, 1.165) is 0 Å². The van der Waals surface area contributed by atoms with Gasteiger partial charge in [-0.1, -0.05) is 77.1 Å². The molecule has 4 heteroatoms. The lowest BCUT2D eigenvalue weighted by atomic mass is 9.94. The lowest BCUT2D eigenvalue weighted by Crippen LogP contribution is -2.18. The van der Waals surface area contributed by atoms with Crippen molar-refractivity contribution < 1.29 is 14.6 Å². The molecule has 1 aromatic rings. The van der Waals surface area contributed by atoms with Crippen molar-refractivity contribution in [1.82, 2.24) is 0 Å². The Morgan fingerprint density at radius 2 is 1.71 bits per heavy atom. The molecular weight excluding hydrogens is 372 g/mol. The molecule has 0 heterocycles. The molecule has 0 aliphatic rings. The summed E-state index contributed by atoms with van der Waals surface area (Å²) in [6, 6.07) is 6.87. The standard InChI is InChI=1S/C20H25ClO3.2C2H6/c1-5-15(19(22)17-10-12-18(21)13-11-17)8-7-9-16(6-2)20(23)24-14(3)4;2*1-2/h6-15,20,23H,2,5H2,1,3-4H3;2*1-2H3/b8-7+,16-9+;;. The van der Waals surface area contributed by atoms with Gasteiger partial charge >= 0.3 is 0 Å². The zero-order valence-electron chi connectivity index (χ0n) is 18.4. The van der Waals surface area contributed by atoms with Gasteiger partial charge in [-0.15, -0.1) is 0 Å². The van der Waals surface area contributed by atoms with Crippen molar-refractivity contribution in [2.75, 3.05) is 0 Å². The number of ether oxygens (including phenoxy) is 1. The molecule has 2 unspecified atom stereocenters. The van der Waals surface area contributed by atoms with Gasteiger partial charge in [-0.2, -0.15) is 0 Å². The van der Waals surface area contributed by atoms with Crippen LogP contribution in [0, 0.1) is 5.92 Å². The second kappa shape index (κ2) is 17.4. The molecule has 0 amide bonds. The lowest BCUT2D eigenvalue weighted by molar-refractivity contribution is -0.0977. The number of benzene rings is 1. The Labute approximate surface area is 176 Å². The highest BCUT2D eigenvalue weighted by Crippen LogP contribution is 2.17. The number of allylic oxidation sites excluding steroid dienone is 3. The summed E-state index contributed by atoms with van der Waals surface area (Å²) in [5.74, 6) is -0.199. The molecule has 0 saturated carbocycles. The molecule has 0 saturated heterocycles. The van der Waals surface area contributed by atoms with E-state index in [1.54, 1.807) is 42.5 Å². The monoisotopic (exact) mass is 408 g/mol. The van der Waals surface area contributed by atoms with Crippen molar-refractivity contribution in [3.8, 4) is 0 Å². The highest BCUT2D eigenvalue weighted by molar-refractivity contribution is 6.30. The third kappa shape index (κ3) is 11.2. The molecular formula is C24H37ClO3. The minimum Gasteiger partial charge on any atom is -0.364 e. The number of aliphatic hydroxyl groups excluding tert-OH is 1. The zero-order chi connectivity index (χ0) is 22.1. The van der Waals surface area contributed by atoms with Crippen LogP contribution < -0.4 is 0 Å². The summed E-state index contributed by atoms with van der Waals surface area (Å²) in [6.45, 7) is 17.3. The highest BCUT2D eigenvalue weighted by Gasteiger charge is 2.15. The summed E-state index contributed by atoms with van der Waals surface area (Å²) in [4.78, 5) is 12.5. The number of carbonyl (C=O) groups excluding carboxylic acids is 1. The van der Waals surface area contributed by atoms with Crippen molar-refractivity contribution in [3.63, 3.8) is 0 Å². The third-order valence-electron chi connectivity index (χ3n) is 3.46. The summed E-state index contributed by atoms with van der Waals surface area (Å²) < 4.78 is 5.32. The number of ketones is 1. The highest BCUT2D eigenvalue weighted by atomic mass is 35.5. The minimum absolute atomic E-state index is 0.0398. The molecule has 0 aliphatic carbocycles. The van der Waals surface area contributed by atoms with Gasteiger partial charge in [-0.25, -0.2) is 0 Å². The topological polar surface area (TPSA) is 46.5 Å². The Morgan fingerprint density at radius 1 is 1.18 bits per heavy atom. The molecule has 2 atom stereocenters. The number of hydrogen-bond donors (Lipinski definition) is 1. The molecule has 0 radical (unpaired) electrons. The van der Waals surface area contributed by atoms with Crippen LogP contribution in [0.2, 0.25) is 5.02 Å². The van der Waals surface area contributed by atoms with Crippen LogP contribution in [0.5, 0.6) is 0 Å². The smallest absolute Gasteiger partial charge is 0.181 e. The molecule has 1 aromatic carbocycles. The van der Waals surface area contributed by atoms with E-state index >= 15 is 0 Å². The van der Waals surface area contributed by atoms with Crippen LogP contribution in [-0.2, 0) is 4.74 Å². The minimum atomic E-state index is -1.03. The molecule has 1 N–H and O–H groups in total. The first-order valence-corrected chi connectivity index (χ1v) is 10.4. The number of halogens is 1. The summed E-state index contributed by atoms with van der Waals surface area (Å²) in [7, 11) is 0. The van der Waals surface area contributed by atoms with Crippen molar-refractivity contribution in [1.29, 1.82) is 0 Å². The quantitative estimate of drug-likeness (QED) is 0.271. The molecule has 0 spiro atoms. The van der Waals surface area contributed by atoms with Gasteiger partial charge in [0.2, 0.25) is 0 Å². The van der Waals surface area contributed by atoms with Crippen LogP contribution in [0.25, 0.3) is 0 Å². The van der Waals surface area contributed by atoms with E-state index in [4.69, 9.17) is 16.3 Å². The first kappa shape index (κ1) is 28.5. The maximum atomic E-state index is 12.5. The van der Waals surface area contributed by atoms with Crippen molar-refractivity contribution in [2.24, 2.45) is 5.92 Å². The predicted octanol–water partition coefficient (Wildman–Crippen LogP) is 7.01. The number of hydrogen-bond acceptors (Lipinski definition) is 3. The molecule has 0 bridgehead atoms. The van der Waals surface area contributed by atoms with Crippen LogP contribution in [-0.4, -0.2) is 23.3 Å². The van der Waals surface area contributed by atoms with Gasteiger partial charge in [0.1, 0.15) is 0 Å². The average molecular weight is 409 g/mol. The SMILES string of the molecule is C=C/C(=C\C=C\C(CC)C(=O)c1ccc(Cl)cc1)C(O)OC(C)C.CC.CC. The van der Waals surface area contributed by atoms with Crippen LogP contribution in [0.3, 0.4) is 0 Å². The van der Waals surface area contributed by atoms with E-state index in [0.29, 0.717) is 22.6 Å². The summed E-state index contributed by atoms with van der Waals surface area (Å²) >= 11 is 5.85. The van der Waals surface area contributed by atoms with E-state index in [1.165, 1.54) is 0 Å². The summed E-state index contributed by atoms with van der Waals surface area (Å²) in [6.07, 6.45) is 6.38. The second-order valence-corrected chi connectivity index (χ2v) is 6.12. The summed E-state index contributed by atoms with van der Waals surface area (Å²) in [5, 5.41) is 10.5. The average Bonchev–Trinajstić information content (AvgIpc) is 2.70. The number of carbonyl (C=O) groups is 1. The molecule has 0 aromatic heterocycles. The van der Waals surface area contributed by atoms with Crippen LogP contribution in [0.1, 0.15) is 65.2 Å². The third-order valence-corrected chi connectivity index (χ3v) is 3.71. The number of rotatable bonds is 9. The Balaban J connectivity index is 0. The van der Waals surface area contributed by atoms with E-state index in [2.05, 4.69) is 6.58 Å². The fraction of sp³-hybridized carbons (Fsp3) is 0.458. The van der Waals surface area contributed by atoms with Crippen LogP contribution in [0.15, 0.2) is 60.7 Å². The largest absolute Gasteiger partial charge is 0.364 e. The van der Waals surface area contributed by atoms with E-state index in [-0.39, 0.29) is 17.8 Å². The predicted molar refractivity (Wildman–Crippen MR) is 122 cm³/mol. The normalized spacial score (nSPS) is 13.1. The van der Waals surface area contributed by atoms with Gasteiger partial charge in [-0.3, -0.25) is 4.79 Å². The Hall–Kier alpha value is -1.68. The Morgan fingerprint density at radius 3 is 2.14 bits per heavy atom. The molecule has 3 nitrogen and oxygen atoms in total. The molecule has 0 aliphatic heterocycles. The first-order chi connectivity index (χ1) is 13.4. The first-order valence-electron chi connectivity index (χ1n) is 10.0. The molecule has 1 rings (SSSR count). The van der Waals surface area contributed by atoms with Crippen molar-refractivity contribution >= 4 is 17.4 Å². The number of Topliss-reactive ketones (excluding diaryl/α,β-unsaturated/α-hetero) is 1. The maximum absolute atomic E-state index is 12.5. The van der Waals surface area contributed by atoms with E-state index < -0.39 is 6.29 Å². The van der Waals surface area contributed by atoms with Gasteiger partial charge < -0.3 is 9.84 Å². The Kier molecular flexibility index (Phi) is 17.7. The van der Waals surface area contributed by atoms with Gasteiger partial charge in [0.25, 0.3) is 0 Å². The van der Waals surface area contributed by atoms with Gasteiger partial charge in [0, 0.05) is 22.1 Å². The fourth-order valence-corrected chi connectivity index (χ4v) is 2.25. The molecule has 28 heavy (non-hydrogen) atoms. The van der Waals surface area contributed by atoms with Crippen LogP contribution >= 0.6 is 11.6 Å². The van der Waals surface area contributed by atoms with Gasteiger partial charge in [0.05, 0.1) is 6.10 Å². The Bertz CT molecular complexity index is 601.